The summed E-state index contributed by atoms with van der Waals surface area (Å²) in [5.41, 5.74) is 3.76. The maximum atomic E-state index is 6.46. The Kier molecular flexibility index (Phi) is 5.23. The van der Waals surface area contributed by atoms with Crippen molar-refractivity contribution < 1.29 is 0 Å². The zero-order valence-electron chi connectivity index (χ0n) is 12.6. The Morgan fingerprint density at radius 3 is 2.62 bits per heavy atom. The molecule has 21 heavy (non-hydrogen) atoms. The fourth-order valence-electron chi connectivity index (χ4n) is 1.85. The molecule has 4 heteroatoms. The Hall–Kier alpha value is -2.00. The fraction of sp³-hybridized carbons (Fsp3) is 0.235. The first-order valence-electron chi connectivity index (χ1n) is 6.96. The molecular weight excluding hydrogens is 282 g/mol. The van der Waals surface area contributed by atoms with Crippen molar-refractivity contribution in [2.45, 2.75) is 13.8 Å². The molecule has 2 aromatic carbocycles. The van der Waals surface area contributed by atoms with Crippen LogP contribution in [-0.2, 0) is 0 Å². The van der Waals surface area contributed by atoms with Crippen LogP contribution in [0.5, 0.6) is 0 Å². The van der Waals surface area contributed by atoms with Crippen LogP contribution in [0.4, 0.5) is 17.1 Å². The van der Waals surface area contributed by atoms with E-state index < -0.39 is 0 Å². The summed E-state index contributed by atoms with van der Waals surface area (Å²) in [6, 6.07) is 14.0. The molecule has 2 aromatic rings. The number of anilines is 2. The van der Waals surface area contributed by atoms with Crippen molar-refractivity contribution in [2.24, 2.45) is 4.99 Å². The molecule has 0 unspecified atom stereocenters. The van der Waals surface area contributed by atoms with Crippen LogP contribution in [-0.4, -0.2) is 24.8 Å². The average Bonchev–Trinajstić information content (AvgIpc) is 2.49. The molecule has 3 nitrogen and oxygen atoms in total. The van der Waals surface area contributed by atoms with E-state index in [1.165, 1.54) is 0 Å². The molecule has 1 N–H and O–H groups in total. The quantitative estimate of drug-likeness (QED) is 0.621. The topological polar surface area (TPSA) is 27.6 Å². The molecular formula is C17H20ClN3. The van der Waals surface area contributed by atoms with Crippen LogP contribution in [0.2, 0.25) is 5.02 Å². The van der Waals surface area contributed by atoms with Gasteiger partial charge in [0.1, 0.15) is 0 Å². The van der Waals surface area contributed by atoms with E-state index in [9.17, 15) is 0 Å². The highest BCUT2D eigenvalue weighted by molar-refractivity contribution is 6.36. The summed E-state index contributed by atoms with van der Waals surface area (Å²) in [7, 11) is 1.98. The largest absolute Gasteiger partial charge is 0.366 e. The van der Waals surface area contributed by atoms with Gasteiger partial charge in [-0.25, -0.2) is 4.99 Å². The van der Waals surface area contributed by atoms with Gasteiger partial charge in [0.25, 0.3) is 0 Å². The second-order valence-electron chi connectivity index (χ2n) is 4.95. The summed E-state index contributed by atoms with van der Waals surface area (Å²) < 4.78 is 0. The van der Waals surface area contributed by atoms with E-state index in [2.05, 4.69) is 17.2 Å². The molecule has 0 aliphatic carbocycles. The third-order valence-corrected chi connectivity index (χ3v) is 3.54. The van der Waals surface area contributed by atoms with Gasteiger partial charge in [-0.1, -0.05) is 29.8 Å². The van der Waals surface area contributed by atoms with Gasteiger partial charge < -0.3 is 10.2 Å². The first-order valence-corrected chi connectivity index (χ1v) is 7.34. The van der Waals surface area contributed by atoms with Gasteiger partial charge in [0.2, 0.25) is 0 Å². The number of aryl methyl sites for hydroxylation is 1. The van der Waals surface area contributed by atoms with E-state index in [1.807, 2.05) is 61.3 Å². The number of benzene rings is 2. The van der Waals surface area contributed by atoms with Crippen LogP contribution in [0.1, 0.15) is 12.5 Å². The fourth-order valence-corrected chi connectivity index (χ4v) is 2.06. The number of aliphatic imine (C=N–C) groups is 1. The van der Waals surface area contributed by atoms with E-state index >= 15 is 0 Å². The molecule has 0 aromatic heterocycles. The van der Waals surface area contributed by atoms with Crippen molar-refractivity contribution in [3.63, 3.8) is 0 Å². The lowest BCUT2D eigenvalue weighted by Gasteiger charge is -2.13. The van der Waals surface area contributed by atoms with Crippen molar-refractivity contribution in [3.05, 3.63) is 53.1 Å². The number of para-hydroxylation sites is 1. The Balaban J connectivity index is 2.30. The zero-order valence-corrected chi connectivity index (χ0v) is 13.4. The van der Waals surface area contributed by atoms with Gasteiger partial charge in [-0.2, -0.15) is 0 Å². The molecule has 0 amide bonds. The molecule has 0 saturated carbocycles. The Morgan fingerprint density at radius 1 is 1.24 bits per heavy atom. The molecule has 0 spiro atoms. The van der Waals surface area contributed by atoms with Crippen molar-refractivity contribution in [1.29, 1.82) is 0 Å². The molecule has 0 saturated heterocycles. The van der Waals surface area contributed by atoms with Gasteiger partial charge in [0.15, 0.2) is 0 Å². The average molecular weight is 302 g/mol. The highest BCUT2D eigenvalue weighted by Crippen LogP contribution is 2.35. The zero-order chi connectivity index (χ0) is 15.2. The molecule has 110 valence electrons. The van der Waals surface area contributed by atoms with Crippen molar-refractivity contribution >= 4 is 35.0 Å². The van der Waals surface area contributed by atoms with Crippen LogP contribution in [0.25, 0.3) is 0 Å². The molecule has 0 aliphatic heterocycles. The number of rotatable bonds is 5. The number of nitrogens with zero attached hydrogens (tertiary/aromatic N) is 2. The summed E-state index contributed by atoms with van der Waals surface area (Å²) >= 11 is 6.46. The van der Waals surface area contributed by atoms with Gasteiger partial charge in [-0.3, -0.25) is 0 Å². The number of hydrogen-bond acceptors (Lipinski definition) is 2. The van der Waals surface area contributed by atoms with E-state index in [1.54, 1.807) is 6.34 Å². The second-order valence-corrected chi connectivity index (χ2v) is 5.33. The molecule has 0 aliphatic rings. The molecule has 2 rings (SSSR count). The van der Waals surface area contributed by atoms with Crippen molar-refractivity contribution in [2.75, 3.05) is 18.9 Å². The highest BCUT2D eigenvalue weighted by atomic mass is 35.5. The van der Waals surface area contributed by atoms with E-state index in [4.69, 9.17) is 11.6 Å². The van der Waals surface area contributed by atoms with E-state index in [0.29, 0.717) is 5.02 Å². The second kappa shape index (κ2) is 7.14. The summed E-state index contributed by atoms with van der Waals surface area (Å²) in [5, 5.41) is 3.97. The summed E-state index contributed by atoms with van der Waals surface area (Å²) in [4.78, 5) is 6.47. The highest BCUT2D eigenvalue weighted by Gasteiger charge is 2.07. The predicted molar refractivity (Wildman–Crippen MR) is 92.4 cm³/mol. The van der Waals surface area contributed by atoms with Crippen LogP contribution in [0, 0.1) is 6.92 Å². The third kappa shape index (κ3) is 4.23. The minimum atomic E-state index is 0.630. The molecule has 0 bridgehead atoms. The van der Waals surface area contributed by atoms with Crippen LogP contribution < -0.4 is 5.32 Å². The molecule has 0 radical (unpaired) electrons. The Labute approximate surface area is 131 Å². The standard InChI is InChI=1S/C17H20ClN3/c1-4-21(3)12-19-15-10-13(2)11-16(17(15)18)20-14-8-6-5-7-9-14/h5-12,20H,4H2,1-3H3/b19-12-. The summed E-state index contributed by atoms with van der Waals surface area (Å²) in [6.07, 6.45) is 1.80. The minimum Gasteiger partial charge on any atom is -0.366 e. The lowest BCUT2D eigenvalue weighted by atomic mass is 10.2. The lowest BCUT2D eigenvalue weighted by molar-refractivity contribution is 0.552. The van der Waals surface area contributed by atoms with Gasteiger partial charge in [-0.15, -0.1) is 0 Å². The predicted octanol–water partition coefficient (Wildman–Crippen LogP) is 5.00. The van der Waals surface area contributed by atoms with Crippen molar-refractivity contribution in [1.82, 2.24) is 4.90 Å². The monoisotopic (exact) mass is 301 g/mol. The van der Waals surface area contributed by atoms with Crippen molar-refractivity contribution in [3.8, 4) is 0 Å². The van der Waals surface area contributed by atoms with Crippen LogP contribution in [0.3, 0.4) is 0 Å². The van der Waals surface area contributed by atoms with E-state index in [-0.39, 0.29) is 0 Å². The summed E-state index contributed by atoms with van der Waals surface area (Å²) in [5.74, 6) is 0. The normalized spacial score (nSPS) is 10.9. The minimum absolute atomic E-state index is 0.630. The Bertz CT molecular complexity index is 623. The maximum Gasteiger partial charge on any atom is 0.0910 e. The van der Waals surface area contributed by atoms with Gasteiger partial charge >= 0.3 is 0 Å². The first kappa shape index (κ1) is 15.4. The third-order valence-electron chi connectivity index (χ3n) is 3.14. The maximum absolute atomic E-state index is 6.46. The lowest BCUT2D eigenvalue weighted by Crippen LogP contribution is -2.14. The SMILES string of the molecule is CCN(C)/C=N\c1cc(C)cc(Nc2ccccc2)c1Cl. The Morgan fingerprint density at radius 2 is 1.95 bits per heavy atom. The number of nitrogens with one attached hydrogen (secondary N) is 1. The molecule has 0 atom stereocenters. The van der Waals surface area contributed by atoms with E-state index in [0.717, 1.165) is 29.2 Å². The van der Waals surface area contributed by atoms with Crippen LogP contribution in [0.15, 0.2) is 47.5 Å². The molecule has 0 fully saturated rings. The molecule has 0 heterocycles. The number of halogens is 1. The van der Waals surface area contributed by atoms with Gasteiger partial charge in [0.05, 0.1) is 22.7 Å². The van der Waals surface area contributed by atoms with Gasteiger partial charge in [0, 0.05) is 19.3 Å². The van der Waals surface area contributed by atoms with Gasteiger partial charge in [-0.05, 0) is 43.7 Å². The smallest absolute Gasteiger partial charge is 0.0910 e. The summed E-state index contributed by atoms with van der Waals surface area (Å²) in [6.45, 7) is 5.02. The van der Waals surface area contributed by atoms with Crippen LogP contribution >= 0.6 is 11.6 Å². The number of hydrogen-bond donors (Lipinski definition) is 1. The first-order chi connectivity index (χ1) is 10.1.